The first-order valence-electron chi connectivity index (χ1n) is 9.17. The van der Waals surface area contributed by atoms with Crippen LogP contribution in [0.4, 0.5) is 0 Å². The molecule has 3 rings (SSSR count). The van der Waals surface area contributed by atoms with E-state index in [4.69, 9.17) is 25.8 Å². The van der Waals surface area contributed by atoms with E-state index in [1.165, 1.54) is 5.56 Å². The van der Waals surface area contributed by atoms with Crippen molar-refractivity contribution in [2.24, 2.45) is 0 Å². The number of methoxy groups -OCH3 is 2. The summed E-state index contributed by atoms with van der Waals surface area (Å²) in [4.78, 5) is 0. The van der Waals surface area contributed by atoms with Crippen molar-refractivity contribution >= 4 is 27.5 Å². The van der Waals surface area contributed by atoms with Crippen molar-refractivity contribution in [3.05, 3.63) is 86.8 Å². The molecule has 0 radical (unpaired) electrons. The third-order valence-corrected chi connectivity index (χ3v) is 5.47. The molecule has 1 N–H and O–H groups in total. The fourth-order valence-corrected chi connectivity index (χ4v) is 3.46. The lowest BCUT2D eigenvalue weighted by molar-refractivity contribution is 0.280. The van der Waals surface area contributed by atoms with Crippen LogP contribution in [-0.2, 0) is 19.7 Å². The minimum atomic E-state index is 0.426. The molecule has 0 saturated carbocycles. The van der Waals surface area contributed by atoms with Gasteiger partial charge in [-0.2, -0.15) is 0 Å². The lowest BCUT2D eigenvalue weighted by Gasteiger charge is -2.17. The highest BCUT2D eigenvalue weighted by Gasteiger charge is 2.15. The van der Waals surface area contributed by atoms with Gasteiger partial charge in [0.15, 0.2) is 11.5 Å². The van der Waals surface area contributed by atoms with E-state index in [9.17, 15) is 0 Å². The SMILES string of the molecule is COc1ccc(CNCc2c(Br)ccc(OC)c2OCc2ccc(Cl)cc2)cc1. The van der Waals surface area contributed by atoms with Gasteiger partial charge in [0, 0.05) is 28.1 Å². The molecule has 0 aliphatic carbocycles. The molecule has 0 heterocycles. The zero-order valence-corrected chi connectivity index (χ0v) is 18.7. The fraction of sp³-hybridized carbons (Fsp3) is 0.217. The molecular formula is C23H23BrClNO3. The van der Waals surface area contributed by atoms with E-state index >= 15 is 0 Å². The van der Waals surface area contributed by atoms with Crippen molar-refractivity contribution in [1.29, 1.82) is 0 Å². The molecule has 0 saturated heterocycles. The lowest BCUT2D eigenvalue weighted by atomic mass is 10.1. The van der Waals surface area contributed by atoms with Gasteiger partial charge in [0.25, 0.3) is 0 Å². The van der Waals surface area contributed by atoms with Crippen LogP contribution in [0.15, 0.2) is 65.1 Å². The van der Waals surface area contributed by atoms with Gasteiger partial charge in [0.2, 0.25) is 0 Å². The number of halogens is 2. The van der Waals surface area contributed by atoms with Crippen LogP contribution in [0.25, 0.3) is 0 Å². The minimum Gasteiger partial charge on any atom is -0.497 e. The molecule has 0 bridgehead atoms. The third-order valence-electron chi connectivity index (χ3n) is 4.47. The van der Waals surface area contributed by atoms with Gasteiger partial charge in [-0.3, -0.25) is 0 Å². The molecule has 0 aliphatic rings. The Hall–Kier alpha value is -2.21. The first-order chi connectivity index (χ1) is 14.1. The Kier molecular flexibility index (Phi) is 7.81. The van der Waals surface area contributed by atoms with Crippen LogP contribution in [0, 0.1) is 0 Å². The summed E-state index contributed by atoms with van der Waals surface area (Å²) in [5.74, 6) is 2.27. The van der Waals surface area contributed by atoms with Crippen LogP contribution in [0.5, 0.6) is 17.2 Å². The van der Waals surface area contributed by atoms with Gasteiger partial charge in [-0.05, 0) is 47.5 Å². The number of benzene rings is 3. The maximum atomic E-state index is 6.14. The smallest absolute Gasteiger partial charge is 0.167 e. The van der Waals surface area contributed by atoms with E-state index in [1.807, 2.05) is 60.7 Å². The van der Waals surface area contributed by atoms with Gasteiger partial charge in [-0.1, -0.05) is 51.8 Å². The average Bonchev–Trinajstić information content (AvgIpc) is 2.75. The van der Waals surface area contributed by atoms with Crippen LogP contribution < -0.4 is 19.5 Å². The van der Waals surface area contributed by atoms with Crippen LogP contribution in [-0.4, -0.2) is 14.2 Å². The third kappa shape index (κ3) is 5.89. The normalized spacial score (nSPS) is 10.6. The van der Waals surface area contributed by atoms with Crippen LogP contribution in [0.3, 0.4) is 0 Å². The molecule has 0 unspecified atom stereocenters. The Morgan fingerprint density at radius 2 is 1.52 bits per heavy atom. The quantitative estimate of drug-likeness (QED) is 0.412. The molecule has 0 amide bonds. The molecule has 0 aliphatic heterocycles. The van der Waals surface area contributed by atoms with Gasteiger partial charge >= 0.3 is 0 Å². The molecule has 152 valence electrons. The molecule has 3 aromatic carbocycles. The Balaban J connectivity index is 1.71. The summed E-state index contributed by atoms with van der Waals surface area (Å²) >= 11 is 9.61. The highest BCUT2D eigenvalue weighted by atomic mass is 79.9. The van der Waals surface area contributed by atoms with Gasteiger partial charge in [-0.25, -0.2) is 0 Å². The molecule has 0 atom stereocenters. The average molecular weight is 477 g/mol. The summed E-state index contributed by atoms with van der Waals surface area (Å²) in [5, 5.41) is 4.18. The number of rotatable bonds is 9. The van der Waals surface area contributed by atoms with Crippen LogP contribution in [0.1, 0.15) is 16.7 Å². The Labute approximate surface area is 184 Å². The van der Waals surface area contributed by atoms with Crippen molar-refractivity contribution in [1.82, 2.24) is 5.32 Å². The van der Waals surface area contributed by atoms with E-state index in [0.29, 0.717) is 23.9 Å². The zero-order chi connectivity index (χ0) is 20.6. The fourth-order valence-electron chi connectivity index (χ4n) is 2.88. The maximum absolute atomic E-state index is 6.14. The van der Waals surface area contributed by atoms with Crippen molar-refractivity contribution in [3.8, 4) is 17.2 Å². The van der Waals surface area contributed by atoms with Crippen molar-refractivity contribution < 1.29 is 14.2 Å². The second kappa shape index (κ2) is 10.5. The maximum Gasteiger partial charge on any atom is 0.167 e. The van der Waals surface area contributed by atoms with E-state index < -0.39 is 0 Å². The molecule has 3 aromatic rings. The standard InChI is InChI=1S/C23H23BrClNO3/c1-27-19-9-5-16(6-10-19)13-26-14-20-21(24)11-12-22(28-2)23(20)29-15-17-3-7-18(25)8-4-17/h3-12,26H,13-15H2,1-2H3. The summed E-state index contributed by atoms with van der Waals surface area (Å²) in [5.41, 5.74) is 3.22. The number of hydrogen-bond acceptors (Lipinski definition) is 4. The second-order valence-corrected chi connectivity index (χ2v) is 7.71. The molecule has 0 aromatic heterocycles. The topological polar surface area (TPSA) is 39.7 Å². The molecule has 0 fully saturated rings. The molecule has 4 nitrogen and oxygen atoms in total. The van der Waals surface area contributed by atoms with Crippen molar-refractivity contribution in [2.45, 2.75) is 19.7 Å². The summed E-state index contributed by atoms with van der Waals surface area (Å²) in [7, 11) is 3.31. The number of nitrogens with one attached hydrogen (secondary N) is 1. The predicted molar refractivity (Wildman–Crippen MR) is 120 cm³/mol. The monoisotopic (exact) mass is 475 g/mol. The van der Waals surface area contributed by atoms with Crippen molar-refractivity contribution in [3.63, 3.8) is 0 Å². The molecular weight excluding hydrogens is 454 g/mol. The molecule has 29 heavy (non-hydrogen) atoms. The Morgan fingerprint density at radius 3 is 2.17 bits per heavy atom. The Morgan fingerprint density at radius 1 is 0.828 bits per heavy atom. The largest absolute Gasteiger partial charge is 0.497 e. The van der Waals surface area contributed by atoms with Crippen LogP contribution in [0.2, 0.25) is 5.02 Å². The molecule has 0 spiro atoms. The zero-order valence-electron chi connectivity index (χ0n) is 16.4. The second-order valence-electron chi connectivity index (χ2n) is 6.42. The van der Waals surface area contributed by atoms with Crippen molar-refractivity contribution in [2.75, 3.05) is 14.2 Å². The highest BCUT2D eigenvalue weighted by molar-refractivity contribution is 9.10. The predicted octanol–water partition coefficient (Wildman–Crippen LogP) is 5.99. The van der Waals surface area contributed by atoms with Crippen LogP contribution >= 0.6 is 27.5 Å². The Bertz CT molecular complexity index is 930. The molecule has 6 heteroatoms. The lowest BCUT2D eigenvalue weighted by Crippen LogP contribution is -2.14. The van der Waals surface area contributed by atoms with E-state index in [-0.39, 0.29) is 0 Å². The summed E-state index contributed by atoms with van der Waals surface area (Å²) in [6.45, 7) is 1.78. The van der Waals surface area contributed by atoms with Gasteiger partial charge in [0.1, 0.15) is 12.4 Å². The van der Waals surface area contributed by atoms with E-state index in [1.54, 1.807) is 14.2 Å². The van der Waals surface area contributed by atoms with E-state index in [0.717, 1.165) is 33.6 Å². The van der Waals surface area contributed by atoms with Gasteiger partial charge in [0.05, 0.1) is 14.2 Å². The van der Waals surface area contributed by atoms with E-state index in [2.05, 4.69) is 21.2 Å². The summed E-state index contributed by atoms with van der Waals surface area (Å²) in [6, 6.07) is 19.5. The highest BCUT2D eigenvalue weighted by Crippen LogP contribution is 2.37. The summed E-state index contributed by atoms with van der Waals surface area (Å²) < 4.78 is 17.8. The minimum absolute atomic E-state index is 0.426. The first kappa shape index (κ1) is 21.5. The summed E-state index contributed by atoms with van der Waals surface area (Å²) in [6.07, 6.45) is 0. The van der Waals surface area contributed by atoms with Gasteiger partial charge in [-0.15, -0.1) is 0 Å². The number of hydrogen-bond donors (Lipinski definition) is 1. The first-order valence-corrected chi connectivity index (χ1v) is 10.3. The number of ether oxygens (including phenoxy) is 3. The van der Waals surface area contributed by atoms with Gasteiger partial charge < -0.3 is 19.5 Å².